The van der Waals surface area contributed by atoms with E-state index < -0.39 is 11.8 Å². The van der Waals surface area contributed by atoms with E-state index in [9.17, 15) is 9.59 Å². The fourth-order valence-electron chi connectivity index (χ4n) is 2.64. The molecule has 1 aromatic rings. The van der Waals surface area contributed by atoms with E-state index in [1.54, 1.807) is 24.3 Å². The first-order valence-corrected chi connectivity index (χ1v) is 8.59. The van der Waals surface area contributed by atoms with Crippen LogP contribution >= 0.6 is 0 Å². The molecule has 1 fully saturated rings. The first-order chi connectivity index (χ1) is 11.7. The molecule has 24 heavy (non-hydrogen) atoms. The minimum atomic E-state index is -0.768. The molecule has 0 spiro atoms. The first-order valence-electron chi connectivity index (χ1n) is 8.59. The highest BCUT2D eigenvalue weighted by Crippen LogP contribution is 2.23. The molecule has 1 aromatic carbocycles. The van der Waals surface area contributed by atoms with Gasteiger partial charge >= 0.3 is 11.8 Å². The van der Waals surface area contributed by atoms with Gasteiger partial charge in [0.2, 0.25) is 0 Å². The maximum Gasteiger partial charge on any atom is 0.329 e. The maximum atomic E-state index is 12.0. The SMILES string of the molecule is CCOc1ccccc1NC(=O)C(=O)NN=C1CCCCCCC1. The molecular weight excluding hydrogens is 306 g/mol. The van der Waals surface area contributed by atoms with Gasteiger partial charge in [0.25, 0.3) is 0 Å². The molecule has 0 aromatic heterocycles. The van der Waals surface area contributed by atoms with E-state index >= 15 is 0 Å². The van der Waals surface area contributed by atoms with Crippen LogP contribution in [0.4, 0.5) is 5.69 Å². The summed E-state index contributed by atoms with van der Waals surface area (Å²) in [6.07, 6.45) is 7.60. The number of hydrogen-bond donors (Lipinski definition) is 2. The van der Waals surface area contributed by atoms with Crippen LogP contribution in [-0.4, -0.2) is 24.1 Å². The predicted molar refractivity (Wildman–Crippen MR) is 94.1 cm³/mol. The van der Waals surface area contributed by atoms with Gasteiger partial charge in [0.15, 0.2) is 0 Å². The van der Waals surface area contributed by atoms with Crippen molar-refractivity contribution in [2.45, 2.75) is 51.9 Å². The number of hydrazone groups is 1. The molecule has 2 N–H and O–H groups in total. The van der Waals surface area contributed by atoms with E-state index in [0.29, 0.717) is 18.0 Å². The Morgan fingerprint density at radius 1 is 1.04 bits per heavy atom. The van der Waals surface area contributed by atoms with Crippen LogP contribution in [0.5, 0.6) is 5.75 Å². The Labute approximate surface area is 142 Å². The third-order valence-electron chi connectivity index (χ3n) is 3.89. The van der Waals surface area contributed by atoms with Crippen LogP contribution in [0.3, 0.4) is 0 Å². The number of nitrogens with one attached hydrogen (secondary N) is 2. The van der Waals surface area contributed by atoms with Crippen LogP contribution < -0.4 is 15.5 Å². The predicted octanol–water partition coefficient (Wildman–Crippen LogP) is 3.24. The van der Waals surface area contributed by atoms with Crippen molar-refractivity contribution in [3.05, 3.63) is 24.3 Å². The Morgan fingerprint density at radius 2 is 1.71 bits per heavy atom. The molecule has 2 amide bonds. The summed E-state index contributed by atoms with van der Waals surface area (Å²) in [5.41, 5.74) is 3.80. The zero-order valence-corrected chi connectivity index (χ0v) is 14.1. The molecule has 6 heteroatoms. The molecule has 6 nitrogen and oxygen atoms in total. The summed E-state index contributed by atoms with van der Waals surface area (Å²) in [4.78, 5) is 24.0. The lowest BCUT2D eigenvalue weighted by molar-refractivity contribution is -0.136. The van der Waals surface area contributed by atoms with Crippen LogP contribution in [0.15, 0.2) is 29.4 Å². The normalized spacial score (nSPS) is 15.0. The minimum absolute atomic E-state index is 0.470. The Bertz CT molecular complexity index is 589. The van der Waals surface area contributed by atoms with E-state index in [2.05, 4.69) is 15.8 Å². The number of nitrogens with zero attached hydrogens (tertiary/aromatic N) is 1. The summed E-state index contributed by atoms with van der Waals surface area (Å²) >= 11 is 0. The molecular formula is C18H25N3O3. The van der Waals surface area contributed by atoms with Gasteiger partial charge in [-0.1, -0.05) is 31.4 Å². The molecule has 1 aliphatic carbocycles. The van der Waals surface area contributed by atoms with Gasteiger partial charge in [-0.15, -0.1) is 0 Å². The first kappa shape index (κ1) is 18.0. The fraction of sp³-hybridized carbons (Fsp3) is 0.500. The molecule has 0 unspecified atom stereocenters. The van der Waals surface area contributed by atoms with Crippen molar-refractivity contribution in [2.24, 2.45) is 5.10 Å². The topological polar surface area (TPSA) is 79.8 Å². The molecule has 0 aliphatic heterocycles. The van der Waals surface area contributed by atoms with E-state index in [-0.39, 0.29) is 0 Å². The maximum absolute atomic E-state index is 12.0. The van der Waals surface area contributed by atoms with Crippen molar-refractivity contribution >= 4 is 23.2 Å². The highest BCUT2D eigenvalue weighted by Gasteiger charge is 2.16. The number of ether oxygens (including phenoxy) is 1. The average molecular weight is 331 g/mol. The summed E-state index contributed by atoms with van der Waals surface area (Å²) in [6, 6.07) is 7.01. The quantitative estimate of drug-likeness (QED) is 0.656. The van der Waals surface area contributed by atoms with Crippen LogP contribution in [0.1, 0.15) is 51.9 Å². The molecule has 0 radical (unpaired) electrons. The lowest BCUT2D eigenvalue weighted by atomic mass is 9.99. The molecule has 1 aliphatic rings. The zero-order valence-electron chi connectivity index (χ0n) is 14.1. The Kier molecular flexibility index (Phi) is 7.26. The van der Waals surface area contributed by atoms with Crippen molar-refractivity contribution < 1.29 is 14.3 Å². The monoisotopic (exact) mass is 331 g/mol. The molecule has 0 bridgehead atoms. The second kappa shape index (κ2) is 9.70. The largest absolute Gasteiger partial charge is 0.492 e. The Hall–Kier alpha value is -2.37. The van der Waals surface area contributed by atoms with Gasteiger partial charge in [0, 0.05) is 5.71 Å². The number of amides is 2. The van der Waals surface area contributed by atoms with E-state index in [1.165, 1.54) is 19.3 Å². The van der Waals surface area contributed by atoms with Crippen molar-refractivity contribution in [3.8, 4) is 5.75 Å². The summed E-state index contributed by atoms with van der Waals surface area (Å²) in [5, 5.41) is 6.69. The highest BCUT2D eigenvalue weighted by atomic mass is 16.5. The van der Waals surface area contributed by atoms with Crippen molar-refractivity contribution in [1.29, 1.82) is 0 Å². The number of rotatable bonds is 4. The average Bonchev–Trinajstić information content (AvgIpc) is 2.55. The standard InChI is InChI=1S/C18H25N3O3/c1-2-24-16-13-9-8-12-15(16)19-17(22)18(23)21-20-14-10-6-4-3-5-7-11-14/h8-9,12-13H,2-7,10-11H2,1H3,(H,19,22)(H,21,23). The molecule has 0 atom stereocenters. The Morgan fingerprint density at radius 3 is 2.42 bits per heavy atom. The minimum Gasteiger partial charge on any atom is -0.492 e. The third-order valence-corrected chi connectivity index (χ3v) is 3.89. The van der Waals surface area contributed by atoms with Crippen molar-refractivity contribution in [1.82, 2.24) is 5.43 Å². The smallest absolute Gasteiger partial charge is 0.329 e. The zero-order chi connectivity index (χ0) is 17.2. The van der Waals surface area contributed by atoms with Crippen LogP contribution in [0.2, 0.25) is 0 Å². The summed E-state index contributed by atoms with van der Waals surface area (Å²) in [7, 11) is 0. The lowest BCUT2D eigenvalue weighted by Gasteiger charge is -2.12. The van der Waals surface area contributed by atoms with Gasteiger partial charge in [0.05, 0.1) is 12.3 Å². The van der Waals surface area contributed by atoms with Gasteiger partial charge in [-0.05, 0) is 44.7 Å². The van der Waals surface area contributed by atoms with Crippen LogP contribution in [0, 0.1) is 0 Å². The lowest BCUT2D eigenvalue weighted by Crippen LogP contribution is -2.33. The van der Waals surface area contributed by atoms with Gasteiger partial charge < -0.3 is 10.1 Å². The number of benzene rings is 1. The molecule has 0 heterocycles. The number of carbonyl (C=O) groups is 2. The van der Waals surface area contributed by atoms with Gasteiger partial charge in [-0.3, -0.25) is 9.59 Å². The molecule has 0 saturated heterocycles. The second-order valence-corrected chi connectivity index (χ2v) is 5.77. The van der Waals surface area contributed by atoms with Gasteiger partial charge in [-0.2, -0.15) is 5.10 Å². The van der Waals surface area contributed by atoms with E-state index in [0.717, 1.165) is 31.4 Å². The molecule has 2 rings (SSSR count). The van der Waals surface area contributed by atoms with E-state index in [1.807, 2.05) is 6.92 Å². The van der Waals surface area contributed by atoms with Gasteiger partial charge in [-0.25, -0.2) is 5.43 Å². The number of hydrogen-bond acceptors (Lipinski definition) is 4. The number of para-hydroxylation sites is 2. The summed E-state index contributed by atoms with van der Waals surface area (Å²) in [5.74, 6) is -0.985. The van der Waals surface area contributed by atoms with Crippen LogP contribution in [-0.2, 0) is 9.59 Å². The summed E-state index contributed by atoms with van der Waals surface area (Å²) < 4.78 is 5.42. The molecule has 130 valence electrons. The molecule has 1 saturated carbocycles. The van der Waals surface area contributed by atoms with Gasteiger partial charge in [0.1, 0.15) is 5.75 Å². The highest BCUT2D eigenvalue weighted by molar-refractivity contribution is 6.39. The number of carbonyl (C=O) groups excluding carboxylic acids is 2. The fourth-order valence-corrected chi connectivity index (χ4v) is 2.64. The van der Waals surface area contributed by atoms with Crippen molar-refractivity contribution in [2.75, 3.05) is 11.9 Å². The summed E-state index contributed by atoms with van der Waals surface area (Å²) in [6.45, 7) is 2.34. The second-order valence-electron chi connectivity index (χ2n) is 5.77. The number of anilines is 1. The van der Waals surface area contributed by atoms with Crippen LogP contribution in [0.25, 0.3) is 0 Å². The third kappa shape index (κ3) is 5.68. The van der Waals surface area contributed by atoms with E-state index in [4.69, 9.17) is 4.74 Å². The van der Waals surface area contributed by atoms with Crippen molar-refractivity contribution in [3.63, 3.8) is 0 Å². The Balaban J connectivity index is 1.91.